The van der Waals surface area contributed by atoms with Gasteiger partial charge >= 0.3 is 0 Å². The molecule has 0 saturated heterocycles. The van der Waals surface area contributed by atoms with Crippen LogP contribution in [0.25, 0.3) is 0 Å². The van der Waals surface area contributed by atoms with Gasteiger partial charge in [-0.3, -0.25) is 4.79 Å². The number of carbonyl (C=O) groups is 1. The van der Waals surface area contributed by atoms with Crippen molar-refractivity contribution in [3.05, 3.63) is 31.3 Å². The summed E-state index contributed by atoms with van der Waals surface area (Å²) in [6.45, 7) is 3.55. The maximum Gasteiger partial charge on any atom is 0.161 e. The Kier molecular flexibility index (Phi) is 3.29. The predicted octanol–water partition coefficient (Wildman–Crippen LogP) is 3.56. The minimum absolute atomic E-state index is 0.109. The first-order valence-electron chi connectivity index (χ1n) is 3.49. The van der Waals surface area contributed by atoms with Crippen molar-refractivity contribution in [3.63, 3.8) is 0 Å². The molecule has 0 atom stereocenters. The van der Waals surface area contributed by atoms with E-state index in [0.29, 0.717) is 0 Å². The predicted molar refractivity (Wildman–Crippen MR) is 61.6 cm³/mol. The van der Waals surface area contributed by atoms with Gasteiger partial charge in [-0.2, -0.15) is 0 Å². The molecule has 0 fully saturated rings. The molecule has 0 radical (unpaired) electrons. The van der Waals surface area contributed by atoms with Gasteiger partial charge in [0.25, 0.3) is 0 Å². The van der Waals surface area contributed by atoms with Gasteiger partial charge in [-0.15, -0.1) is 0 Å². The number of carbonyl (C=O) groups excluding carboxylic acids is 1. The van der Waals surface area contributed by atoms with Crippen LogP contribution in [-0.4, -0.2) is 5.78 Å². The highest BCUT2D eigenvalue weighted by Gasteiger charge is 2.10. The molecule has 0 N–H and O–H groups in total. The molecule has 1 nitrogen and oxygen atoms in total. The van der Waals surface area contributed by atoms with Gasteiger partial charge in [0.15, 0.2) is 5.78 Å². The fourth-order valence-corrected chi connectivity index (χ4v) is 2.24. The maximum absolute atomic E-state index is 11.2. The average Bonchev–Trinajstić information content (AvgIpc) is 1.97. The van der Waals surface area contributed by atoms with Crippen molar-refractivity contribution in [2.45, 2.75) is 13.8 Å². The topological polar surface area (TPSA) is 17.1 Å². The molecule has 1 rings (SSSR count). The van der Waals surface area contributed by atoms with Crippen molar-refractivity contribution in [1.82, 2.24) is 0 Å². The van der Waals surface area contributed by atoms with E-state index < -0.39 is 0 Å². The molecule has 0 spiro atoms. The van der Waals surface area contributed by atoms with Crippen molar-refractivity contribution in [1.29, 1.82) is 0 Å². The van der Waals surface area contributed by atoms with E-state index in [0.717, 1.165) is 19.2 Å². The molecule has 1 aromatic rings. The quantitative estimate of drug-likeness (QED) is 0.565. The third-order valence-electron chi connectivity index (χ3n) is 1.70. The number of ketones is 1. The molecule has 64 valence electrons. The highest BCUT2D eigenvalue weighted by Crippen LogP contribution is 2.24. The number of rotatable bonds is 1. The fourth-order valence-electron chi connectivity index (χ4n) is 1.09. The second-order valence-electron chi connectivity index (χ2n) is 2.59. The van der Waals surface area contributed by atoms with Crippen LogP contribution in [0, 0.1) is 10.5 Å². The van der Waals surface area contributed by atoms with Gasteiger partial charge in [-0.1, -0.05) is 15.9 Å². The summed E-state index contributed by atoms with van der Waals surface area (Å²) in [5.41, 5.74) is 1.85. The molecule has 0 saturated carbocycles. The molecule has 0 aliphatic rings. The zero-order valence-electron chi connectivity index (χ0n) is 6.82. The minimum atomic E-state index is 0.109. The lowest BCUT2D eigenvalue weighted by Crippen LogP contribution is -1.99. The number of Topliss-reactive ketones (excluding diaryl/α,β-unsaturated/α-hetero) is 1. The van der Waals surface area contributed by atoms with Crippen LogP contribution >= 0.6 is 38.5 Å². The van der Waals surface area contributed by atoms with Crippen LogP contribution in [0.1, 0.15) is 22.8 Å². The zero-order valence-corrected chi connectivity index (χ0v) is 10.6. The summed E-state index contributed by atoms with van der Waals surface area (Å²) in [5, 5.41) is 0. The van der Waals surface area contributed by atoms with E-state index in [1.807, 2.05) is 19.1 Å². The second-order valence-corrected chi connectivity index (χ2v) is 4.60. The minimum Gasteiger partial charge on any atom is -0.294 e. The van der Waals surface area contributed by atoms with E-state index in [1.165, 1.54) is 0 Å². The van der Waals surface area contributed by atoms with Crippen LogP contribution in [0.2, 0.25) is 0 Å². The summed E-state index contributed by atoms with van der Waals surface area (Å²) in [6.07, 6.45) is 0. The summed E-state index contributed by atoms with van der Waals surface area (Å²) in [7, 11) is 0. The summed E-state index contributed by atoms with van der Waals surface area (Å²) in [6, 6.07) is 3.90. The monoisotopic (exact) mass is 338 g/mol. The zero-order chi connectivity index (χ0) is 9.30. The summed E-state index contributed by atoms with van der Waals surface area (Å²) >= 11 is 5.58. The number of halogens is 2. The number of hydrogen-bond acceptors (Lipinski definition) is 1. The first-order valence-corrected chi connectivity index (χ1v) is 5.36. The Bertz CT molecular complexity index is 334. The Hall–Kier alpha value is 0.1000. The van der Waals surface area contributed by atoms with E-state index in [2.05, 4.69) is 38.5 Å². The summed E-state index contributed by atoms with van der Waals surface area (Å²) < 4.78 is 2.01. The Morgan fingerprint density at radius 2 is 2.08 bits per heavy atom. The number of benzene rings is 1. The van der Waals surface area contributed by atoms with Crippen molar-refractivity contribution >= 4 is 44.3 Å². The van der Waals surface area contributed by atoms with Gasteiger partial charge < -0.3 is 0 Å². The van der Waals surface area contributed by atoms with Crippen LogP contribution in [0.15, 0.2) is 16.6 Å². The van der Waals surface area contributed by atoms with Crippen LogP contribution in [-0.2, 0) is 0 Å². The van der Waals surface area contributed by atoms with Crippen LogP contribution in [0.4, 0.5) is 0 Å². The van der Waals surface area contributed by atoms with Crippen molar-refractivity contribution < 1.29 is 4.79 Å². The lowest BCUT2D eigenvalue weighted by molar-refractivity contribution is 0.101. The van der Waals surface area contributed by atoms with Crippen LogP contribution in [0.5, 0.6) is 0 Å². The normalized spacial score (nSPS) is 10.0. The van der Waals surface area contributed by atoms with Gasteiger partial charge in [-0.25, -0.2) is 0 Å². The Labute approximate surface area is 93.8 Å². The van der Waals surface area contributed by atoms with Gasteiger partial charge in [0.1, 0.15) is 0 Å². The Morgan fingerprint density at radius 3 is 2.50 bits per heavy atom. The molecule has 0 amide bonds. The molecule has 0 heterocycles. The van der Waals surface area contributed by atoms with E-state index in [9.17, 15) is 4.79 Å². The van der Waals surface area contributed by atoms with Crippen molar-refractivity contribution in [2.24, 2.45) is 0 Å². The van der Waals surface area contributed by atoms with Crippen LogP contribution < -0.4 is 0 Å². The second kappa shape index (κ2) is 3.87. The fraction of sp³-hybridized carbons (Fsp3) is 0.222. The Morgan fingerprint density at radius 1 is 1.50 bits per heavy atom. The molecular weight excluding hydrogens is 331 g/mol. The van der Waals surface area contributed by atoms with Crippen molar-refractivity contribution in [2.75, 3.05) is 0 Å². The standard InChI is InChI=1S/C9H8BrIO/c1-5-8(11)4-3-7(10)9(5)6(2)12/h3-4H,1-2H3. The lowest BCUT2D eigenvalue weighted by Gasteiger charge is -2.06. The lowest BCUT2D eigenvalue weighted by atomic mass is 10.1. The molecular formula is C9H8BrIO. The molecule has 0 aliphatic carbocycles. The maximum atomic E-state index is 11.2. The average molecular weight is 339 g/mol. The van der Waals surface area contributed by atoms with E-state index in [1.54, 1.807) is 6.92 Å². The largest absolute Gasteiger partial charge is 0.294 e. The van der Waals surface area contributed by atoms with Gasteiger partial charge in [0, 0.05) is 13.6 Å². The molecule has 12 heavy (non-hydrogen) atoms. The number of hydrogen-bond donors (Lipinski definition) is 0. The van der Waals surface area contributed by atoms with E-state index in [-0.39, 0.29) is 5.78 Å². The molecule has 1 aromatic carbocycles. The molecule has 0 aromatic heterocycles. The van der Waals surface area contributed by atoms with Crippen LogP contribution in [0.3, 0.4) is 0 Å². The first kappa shape index (κ1) is 10.2. The smallest absolute Gasteiger partial charge is 0.161 e. The van der Waals surface area contributed by atoms with Gasteiger partial charge in [0.05, 0.1) is 0 Å². The SMILES string of the molecule is CC(=O)c1c(Br)ccc(I)c1C. The molecule has 3 heteroatoms. The van der Waals surface area contributed by atoms with Crippen molar-refractivity contribution in [3.8, 4) is 0 Å². The third kappa shape index (κ3) is 1.88. The molecule has 0 bridgehead atoms. The highest BCUT2D eigenvalue weighted by atomic mass is 127. The Balaban J connectivity index is 3.43. The summed E-state index contributed by atoms with van der Waals surface area (Å²) in [5.74, 6) is 0.109. The highest BCUT2D eigenvalue weighted by molar-refractivity contribution is 14.1. The first-order chi connectivity index (χ1) is 5.54. The molecule has 0 unspecified atom stereocenters. The molecule has 0 aliphatic heterocycles. The third-order valence-corrected chi connectivity index (χ3v) is 3.53. The summed E-state index contributed by atoms with van der Waals surface area (Å²) in [4.78, 5) is 11.2. The van der Waals surface area contributed by atoms with Gasteiger partial charge in [0.2, 0.25) is 0 Å². The van der Waals surface area contributed by atoms with E-state index >= 15 is 0 Å². The van der Waals surface area contributed by atoms with E-state index in [4.69, 9.17) is 0 Å². The van der Waals surface area contributed by atoms with Gasteiger partial charge in [-0.05, 0) is 54.1 Å².